The lowest BCUT2D eigenvalue weighted by molar-refractivity contribution is -0.109. The summed E-state index contributed by atoms with van der Waals surface area (Å²) in [4.78, 5) is 18.9. The van der Waals surface area contributed by atoms with Crippen LogP contribution in [0.25, 0.3) is 0 Å². The van der Waals surface area contributed by atoms with Crippen LogP contribution in [0.4, 0.5) is 0 Å². The average Bonchev–Trinajstić information content (AvgIpc) is 1.61. The third-order valence-electron chi connectivity index (χ3n) is 0.326. The predicted octanol–water partition coefficient (Wildman–Crippen LogP) is 0.556. The summed E-state index contributed by atoms with van der Waals surface area (Å²) in [5, 5.41) is 1.73. The van der Waals surface area contributed by atoms with Crippen LogP contribution >= 0.6 is 11.6 Å². The summed E-state index contributed by atoms with van der Waals surface area (Å²) in [7, 11) is 0.912. The first-order chi connectivity index (χ1) is 3.27. The molecule has 37 valence electrons. The molecule has 0 aromatic rings. The van der Waals surface area contributed by atoms with E-state index in [0.29, 0.717) is 0 Å². The first-order valence-electron chi connectivity index (χ1n) is 1.60. The van der Waals surface area contributed by atoms with Crippen LogP contribution in [0.1, 0.15) is 0 Å². The lowest BCUT2D eigenvalue weighted by Crippen LogP contribution is -1.89. The van der Waals surface area contributed by atoms with Crippen molar-refractivity contribution in [1.82, 2.24) is 0 Å². The van der Waals surface area contributed by atoms with Crippen molar-refractivity contribution in [2.75, 3.05) is 0 Å². The molecule has 0 heterocycles. The van der Waals surface area contributed by atoms with E-state index < -0.39 is 5.24 Å². The Morgan fingerprint density at radius 3 is 2.57 bits per heavy atom. The van der Waals surface area contributed by atoms with E-state index in [-0.39, 0.29) is 6.32 Å². The maximum absolute atomic E-state index is 9.74. The molecule has 0 bridgehead atoms. The number of carbonyl (C=O) groups excluding carboxylic acids is 1. The zero-order chi connectivity index (χ0) is 5.70. The lowest BCUT2D eigenvalue weighted by Gasteiger charge is -1.73. The molecule has 0 N–H and O–H groups in total. The minimum Gasteiger partial charge on any atom is -0.282 e. The zero-order valence-corrected chi connectivity index (χ0v) is 4.18. The van der Waals surface area contributed by atoms with Crippen LogP contribution < -0.4 is 0 Å². The van der Waals surface area contributed by atoms with Crippen molar-refractivity contribution in [1.29, 1.82) is 0 Å². The Bertz CT molecular complexity index is 85.8. The molecule has 0 unspecified atom stereocenters. The van der Waals surface area contributed by atoms with Gasteiger partial charge in [-0.3, -0.25) is 4.79 Å². The van der Waals surface area contributed by atoms with Crippen molar-refractivity contribution in [2.45, 2.75) is 6.32 Å². The van der Waals surface area contributed by atoms with E-state index in [1.807, 2.05) is 0 Å². The summed E-state index contributed by atoms with van der Waals surface area (Å²) >= 11 is 4.79. The van der Waals surface area contributed by atoms with Crippen molar-refractivity contribution in [2.24, 2.45) is 5.09 Å². The highest BCUT2D eigenvalue weighted by atomic mass is 35.5. The fourth-order valence-corrected chi connectivity index (χ4v) is 0.178. The van der Waals surface area contributed by atoms with Crippen LogP contribution in [0, 0.1) is 4.91 Å². The average molecular weight is 118 g/mol. The minimum atomic E-state index is -0.570. The molecule has 0 fully saturated rings. The molecule has 0 saturated heterocycles. The van der Waals surface area contributed by atoms with E-state index >= 15 is 0 Å². The summed E-state index contributed by atoms with van der Waals surface area (Å²) in [5.41, 5.74) is 0. The predicted molar refractivity (Wildman–Crippen MR) is 27.2 cm³/mol. The zero-order valence-electron chi connectivity index (χ0n) is 3.43. The van der Waals surface area contributed by atoms with Gasteiger partial charge in [0.1, 0.15) is 0 Å². The van der Waals surface area contributed by atoms with Gasteiger partial charge < -0.3 is 0 Å². The van der Waals surface area contributed by atoms with Crippen LogP contribution in [0.5, 0.6) is 0 Å². The van der Waals surface area contributed by atoms with Crippen molar-refractivity contribution in [3.63, 3.8) is 0 Å². The number of halogens is 1. The second-order valence-electron chi connectivity index (χ2n) is 0.847. The first kappa shape index (κ1) is 6.62. The highest BCUT2D eigenvalue weighted by Crippen LogP contribution is 1.86. The number of rotatable bonds is 3. The Labute approximate surface area is 46.3 Å². The van der Waals surface area contributed by atoms with Gasteiger partial charge in [0, 0.05) is 6.32 Å². The van der Waals surface area contributed by atoms with Gasteiger partial charge in [-0.25, -0.2) is 0 Å². The molecule has 0 aromatic heterocycles. The van der Waals surface area contributed by atoms with Gasteiger partial charge in [0.15, 0.2) is 0 Å². The standard InChI is InChI=1S/C2H2BClNO2/c4-2(6)1-3-5-7/h1H2. The molecule has 0 aliphatic carbocycles. The molecule has 5 heteroatoms. The largest absolute Gasteiger partial charge is 0.345 e. The third kappa shape index (κ3) is 5.62. The van der Waals surface area contributed by atoms with Crippen molar-refractivity contribution in [3.8, 4) is 0 Å². The third-order valence-corrected chi connectivity index (χ3v) is 0.481. The van der Waals surface area contributed by atoms with Gasteiger partial charge in [0.25, 0.3) is 0 Å². The fraction of sp³-hybridized carbons (Fsp3) is 0.500. The number of hydrogen-bond donors (Lipinski definition) is 0. The van der Waals surface area contributed by atoms with Gasteiger partial charge >= 0.3 is 7.41 Å². The summed E-state index contributed by atoms with van der Waals surface area (Å²) in [6, 6.07) is 0. The molecular formula is C2H2BClNO2. The molecule has 0 saturated carbocycles. The Kier molecular flexibility index (Phi) is 3.60. The van der Waals surface area contributed by atoms with Gasteiger partial charge in [-0.15, -0.1) is 5.09 Å². The Morgan fingerprint density at radius 2 is 2.43 bits per heavy atom. The van der Waals surface area contributed by atoms with Crippen LogP contribution in [0.15, 0.2) is 5.09 Å². The van der Waals surface area contributed by atoms with Gasteiger partial charge in [-0.1, -0.05) is 0 Å². The smallest absolute Gasteiger partial charge is 0.282 e. The highest BCUT2D eigenvalue weighted by molar-refractivity contribution is 6.68. The molecule has 0 aromatic carbocycles. The maximum atomic E-state index is 9.74. The normalized spacial score (nSPS) is 7.57. The van der Waals surface area contributed by atoms with E-state index in [2.05, 4.69) is 5.09 Å². The minimum absolute atomic E-state index is 0.0783. The van der Waals surface area contributed by atoms with Crippen molar-refractivity contribution < 1.29 is 4.79 Å². The molecule has 1 radical (unpaired) electrons. The number of nitrogens with zero attached hydrogens (tertiary/aromatic N) is 1. The second-order valence-corrected chi connectivity index (χ2v) is 1.27. The molecule has 0 amide bonds. The molecule has 0 aliphatic heterocycles. The van der Waals surface area contributed by atoms with E-state index in [1.165, 1.54) is 0 Å². The number of carbonyl (C=O) groups is 1. The lowest BCUT2D eigenvalue weighted by atomic mass is 9.93. The monoisotopic (exact) mass is 118 g/mol. The Morgan fingerprint density at radius 1 is 1.86 bits per heavy atom. The van der Waals surface area contributed by atoms with Crippen LogP contribution in [-0.4, -0.2) is 12.7 Å². The summed E-state index contributed by atoms with van der Waals surface area (Å²) in [6.07, 6.45) is -0.0783. The molecule has 3 nitrogen and oxygen atoms in total. The maximum Gasteiger partial charge on any atom is 0.345 e. The molecular weight excluding hydrogens is 116 g/mol. The van der Waals surface area contributed by atoms with E-state index in [0.717, 1.165) is 7.41 Å². The highest BCUT2D eigenvalue weighted by Gasteiger charge is 1.95. The van der Waals surface area contributed by atoms with Gasteiger partial charge in [0.2, 0.25) is 5.24 Å². The Hall–Kier alpha value is -0.375. The molecule has 0 spiro atoms. The van der Waals surface area contributed by atoms with Crippen LogP contribution in [0.3, 0.4) is 0 Å². The quantitative estimate of drug-likeness (QED) is 0.309. The SMILES string of the molecule is O=N[B]CC(=O)Cl. The first-order valence-corrected chi connectivity index (χ1v) is 1.97. The summed E-state index contributed by atoms with van der Waals surface area (Å²) in [5.74, 6) is 0. The summed E-state index contributed by atoms with van der Waals surface area (Å²) in [6.45, 7) is 0. The van der Waals surface area contributed by atoms with E-state index in [1.54, 1.807) is 0 Å². The van der Waals surface area contributed by atoms with Crippen molar-refractivity contribution >= 4 is 24.3 Å². The van der Waals surface area contributed by atoms with Gasteiger partial charge in [-0.2, -0.15) is 4.91 Å². The molecule has 7 heavy (non-hydrogen) atoms. The van der Waals surface area contributed by atoms with E-state index in [9.17, 15) is 9.70 Å². The number of nitroso groups, excluding NO2 is 1. The van der Waals surface area contributed by atoms with Crippen LogP contribution in [0.2, 0.25) is 6.32 Å². The summed E-state index contributed by atoms with van der Waals surface area (Å²) < 4.78 is 0. The molecule has 0 rings (SSSR count). The number of hydrogen-bond acceptors (Lipinski definition) is 3. The molecule has 0 aliphatic rings. The fourth-order valence-electron chi connectivity index (χ4n) is 0.109. The second kappa shape index (κ2) is 3.80. The van der Waals surface area contributed by atoms with E-state index in [4.69, 9.17) is 11.6 Å². The van der Waals surface area contributed by atoms with Gasteiger partial charge in [-0.05, 0) is 11.6 Å². The topological polar surface area (TPSA) is 46.5 Å². The van der Waals surface area contributed by atoms with Crippen molar-refractivity contribution in [3.05, 3.63) is 4.91 Å². The van der Waals surface area contributed by atoms with Crippen LogP contribution in [-0.2, 0) is 4.79 Å². The Balaban J connectivity index is 2.97. The van der Waals surface area contributed by atoms with Gasteiger partial charge in [0.05, 0.1) is 0 Å². The molecule has 0 atom stereocenters.